The summed E-state index contributed by atoms with van der Waals surface area (Å²) in [6.07, 6.45) is 4.69. The highest BCUT2D eigenvalue weighted by atomic mass is 32.2. The second-order valence-electron chi connectivity index (χ2n) is 5.00. The number of rotatable bonds is 5. The third-order valence-corrected chi connectivity index (χ3v) is 5.36. The minimum Gasteiger partial charge on any atom is -0.322 e. The van der Waals surface area contributed by atoms with Crippen molar-refractivity contribution in [3.05, 3.63) is 64.2 Å². The zero-order chi connectivity index (χ0) is 17.8. The van der Waals surface area contributed by atoms with E-state index in [1.165, 1.54) is 18.2 Å². The second-order valence-corrected chi connectivity index (χ2v) is 7.09. The van der Waals surface area contributed by atoms with Gasteiger partial charge in [-0.2, -0.15) is 0 Å². The first-order valence-electron chi connectivity index (χ1n) is 7.24. The smallest absolute Gasteiger partial charge is 0.276 e. The highest BCUT2D eigenvalue weighted by Gasteiger charge is 2.10. The molecular formula is C17H13N3O3S2. The molecule has 126 valence electrons. The van der Waals surface area contributed by atoms with Crippen molar-refractivity contribution in [1.82, 2.24) is 4.98 Å². The third-order valence-electron chi connectivity index (χ3n) is 3.36. The number of aromatic nitrogens is 1. The Morgan fingerprint density at radius 3 is 2.88 bits per heavy atom. The van der Waals surface area contributed by atoms with Crippen molar-refractivity contribution < 1.29 is 9.72 Å². The van der Waals surface area contributed by atoms with Gasteiger partial charge in [0, 0.05) is 17.8 Å². The minimum atomic E-state index is -0.474. The molecule has 3 rings (SSSR count). The van der Waals surface area contributed by atoms with Gasteiger partial charge < -0.3 is 5.32 Å². The fourth-order valence-electron chi connectivity index (χ4n) is 2.21. The van der Waals surface area contributed by atoms with E-state index in [0.29, 0.717) is 11.3 Å². The van der Waals surface area contributed by atoms with E-state index in [2.05, 4.69) is 10.3 Å². The first-order valence-corrected chi connectivity index (χ1v) is 9.28. The lowest BCUT2D eigenvalue weighted by molar-refractivity contribution is -0.385. The summed E-state index contributed by atoms with van der Waals surface area (Å²) in [6, 6.07) is 11.8. The number of thiazole rings is 1. The molecule has 0 aliphatic heterocycles. The molecule has 1 heterocycles. The number of nitrogens with one attached hydrogen (secondary N) is 1. The Labute approximate surface area is 151 Å². The monoisotopic (exact) mass is 371 g/mol. The summed E-state index contributed by atoms with van der Waals surface area (Å²) in [5.41, 5.74) is 1.89. The van der Waals surface area contributed by atoms with Crippen LogP contribution in [-0.4, -0.2) is 22.1 Å². The lowest BCUT2D eigenvalue weighted by Crippen LogP contribution is -2.07. The number of anilines is 1. The number of thioether (sulfide) groups is 1. The quantitative estimate of drug-likeness (QED) is 0.307. The molecule has 25 heavy (non-hydrogen) atoms. The molecule has 0 aliphatic carbocycles. The fraction of sp³-hybridized carbons (Fsp3) is 0.0588. The molecule has 0 saturated heterocycles. The lowest BCUT2D eigenvalue weighted by Gasteiger charge is -2.02. The van der Waals surface area contributed by atoms with Crippen LogP contribution in [0.4, 0.5) is 11.4 Å². The number of nitro benzene ring substituents is 1. The van der Waals surface area contributed by atoms with Crippen molar-refractivity contribution in [2.45, 2.75) is 4.34 Å². The third kappa shape index (κ3) is 4.04. The maximum Gasteiger partial charge on any atom is 0.276 e. The predicted octanol–water partition coefficient (Wildman–Crippen LogP) is 4.58. The predicted molar refractivity (Wildman–Crippen MR) is 102 cm³/mol. The van der Waals surface area contributed by atoms with Gasteiger partial charge >= 0.3 is 0 Å². The van der Waals surface area contributed by atoms with E-state index in [-0.39, 0.29) is 11.6 Å². The molecule has 0 bridgehead atoms. The molecule has 0 radical (unpaired) electrons. The molecule has 0 fully saturated rings. The number of carbonyl (C=O) groups is 1. The number of amides is 1. The van der Waals surface area contributed by atoms with Crippen LogP contribution >= 0.6 is 23.1 Å². The summed E-state index contributed by atoms with van der Waals surface area (Å²) < 4.78 is 1.96. The number of benzene rings is 2. The van der Waals surface area contributed by atoms with Gasteiger partial charge in [-0.05, 0) is 36.6 Å². The van der Waals surface area contributed by atoms with Crippen LogP contribution < -0.4 is 5.32 Å². The summed E-state index contributed by atoms with van der Waals surface area (Å²) in [5.74, 6) is -0.355. The number of fused-ring (bicyclic) bond motifs is 1. The Morgan fingerprint density at radius 1 is 1.32 bits per heavy atom. The van der Waals surface area contributed by atoms with Crippen LogP contribution in [0.25, 0.3) is 16.3 Å². The standard InChI is InChI=1S/C17H13N3O3S2/c1-24-17-19-13-8-7-12(10-15(13)25-17)18-16(21)9-6-11-4-2-3-5-14(11)20(22)23/h2-10H,1H3,(H,18,21)/b9-6+. The Morgan fingerprint density at radius 2 is 2.12 bits per heavy atom. The van der Waals surface area contributed by atoms with E-state index < -0.39 is 4.92 Å². The van der Waals surface area contributed by atoms with Crippen molar-refractivity contribution in [2.75, 3.05) is 11.6 Å². The fourth-order valence-corrected chi connectivity index (χ4v) is 3.74. The Kier molecular flexibility index (Phi) is 5.11. The lowest BCUT2D eigenvalue weighted by atomic mass is 10.1. The number of nitrogens with zero attached hydrogens (tertiary/aromatic N) is 2. The van der Waals surface area contributed by atoms with Gasteiger partial charge in [0.05, 0.1) is 20.7 Å². The molecule has 1 aromatic heterocycles. The summed E-state index contributed by atoms with van der Waals surface area (Å²) in [6.45, 7) is 0. The number of nitro groups is 1. The summed E-state index contributed by atoms with van der Waals surface area (Å²) in [7, 11) is 0. The van der Waals surface area contributed by atoms with Crippen molar-refractivity contribution in [1.29, 1.82) is 0 Å². The maximum atomic E-state index is 12.1. The molecule has 8 heteroatoms. The van der Waals surface area contributed by atoms with Gasteiger partial charge in [-0.15, -0.1) is 11.3 Å². The zero-order valence-corrected chi connectivity index (χ0v) is 14.8. The van der Waals surface area contributed by atoms with Crippen LogP contribution in [0.5, 0.6) is 0 Å². The van der Waals surface area contributed by atoms with Crippen LogP contribution in [0, 0.1) is 10.1 Å². The summed E-state index contributed by atoms with van der Waals surface area (Å²) in [4.78, 5) is 27.0. The van der Waals surface area contributed by atoms with Crippen molar-refractivity contribution in [2.24, 2.45) is 0 Å². The van der Waals surface area contributed by atoms with Gasteiger partial charge in [0.1, 0.15) is 0 Å². The maximum absolute atomic E-state index is 12.1. The van der Waals surface area contributed by atoms with E-state index in [0.717, 1.165) is 14.6 Å². The van der Waals surface area contributed by atoms with Crippen molar-refractivity contribution in [3.63, 3.8) is 0 Å². The van der Waals surface area contributed by atoms with E-state index in [4.69, 9.17) is 0 Å². The molecule has 0 unspecified atom stereocenters. The van der Waals surface area contributed by atoms with Gasteiger partial charge in [-0.25, -0.2) is 4.98 Å². The number of hydrogen-bond donors (Lipinski definition) is 1. The van der Waals surface area contributed by atoms with Gasteiger partial charge in [-0.1, -0.05) is 23.9 Å². The molecule has 1 N–H and O–H groups in total. The topological polar surface area (TPSA) is 85.1 Å². The highest BCUT2D eigenvalue weighted by Crippen LogP contribution is 2.30. The van der Waals surface area contributed by atoms with Gasteiger partial charge in [0.2, 0.25) is 5.91 Å². The average molecular weight is 371 g/mol. The molecular weight excluding hydrogens is 358 g/mol. The number of para-hydroxylation sites is 1. The molecule has 3 aromatic rings. The summed E-state index contributed by atoms with van der Waals surface area (Å²) >= 11 is 3.14. The molecule has 0 spiro atoms. The average Bonchev–Trinajstić information content (AvgIpc) is 3.02. The molecule has 1 amide bonds. The van der Waals surface area contributed by atoms with E-state index in [1.807, 2.05) is 18.4 Å². The molecule has 0 atom stereocenters. The normalized spacial score (nSPS) is 11.1. The van der Waals surface area contributed by atoms with Crippen LogP contribution in [0.15, 0.2) is 52.9 Å². The zero-order valence-electron chi connectivity index (χ0n) is 13.1. The summed E-state index contributed by atoms with van der Waals surface area (Å²) in [5, 5.41) is 13.7. The van der Waals surface area contributed by atoms with E-state index in [1.54, 1.807) is 47.4 Å². The first kappa shape index (κ1) is 17.1. The van der Waals surface area contributed by atoms with Crippen LogP contribution in [0.1, 0.15) is 5.56 Å². The van der Waals surface area contributed by atoms with Crippen LogP contribution in [0.3, 0.4) is 0 Å². The highest BCUT2D eigenvalue weighted by molar-refractivity contribution is 8.00. The van der Waals surface area contributed by atoms with E-state index >= 15 is 0 Å². The van der Waals surface area contributed by atoms with Gasteiger partial charge in [0.25, 0.3) is 5.69 Å². The van der Waals surface area contributed by atoms with Crippen molar-refractivity contribution >= 4 is 56.7 Å². The largest absolute Gasteiger partial charge is 0.322 e. The van der Waals surface area contributed by atoms with Gasteiger partial charge in [-0.3, -0.25) is 14.9 Å². The molecule has 2 aromatic carbocycles. The van der Waals surface area contributed by atoms with Crippen LogP contribution in [0.2, 0.25) is 0 Å². The van der Waals surface area contributed by atoms with Crippen LogP contribution in [-0.2, 0) is 4.79 Å². The SMILES string of the molecule is CSc1nc2ccc(NC(=O)/C=C/c3ccccc3[N+](=O)[O-])cc2s1. The first-order chi connectivity index (χ1) is 12.1. The second kappa shape index (κ2) is 7.45. The Balaban J connectivity index is 1.75. The van der Waals surface area contributed by atoms with E-state index in [9.17, 15) is 14.9 Å². The Bertz CT molecular complexity index is 982. The molecule has 6 nitrogen and oxygen atoms in total. The number of carbonyl (C=O) groups excluding carboxylic acids is 1. The minimum absolute atomic E-state index is 0.0396. The van der Waals surface area contributed by atoms with Crippen molar-refractivity contribution in [3.8, 4) is 0 Å². The molecule has 0 aliphatic rings. The Hall–Kier alpha value is -2.71. The van der Waals surface area contributed by atoms with Gasteiger partial charge in [0.15, 0.2) is 4.34 Å². The molecule has 0 saturated carbocycles. The number of hydrogen-bond acceptors (Lipinski definition) is 6.